The Morgan fingerprint density at radius 2 is 1.88 bits per heavy atom. The molecule has 170 valence electrons. The van der Waals surface area contributed by atoms with Crippen LogP contribution in [0.3, 0.4) is 0 Å². The SMILES string of the molecule is CCc1nc2cccnn2c1C(=O)N1CCC(OCc2ccc(OC(F)(F)F)cc2)CC1. The highest BCUT2D eigenvalue weighted by Crippen LogP contribution is 2.24. The van der Waals surface area contributed by atoms with Gasteiger partial charge in [-0.1, -0.05) is 19.1 Å². The second-order valence-corrected chi connectivity index (χ2v) is 7.55. The van der Waals surface area contributed by atoms with Crippen molar-refractivity contribution in [2.75, 3.05) is 13.1 Å². The van der Waals surface area contributed by atoms with E-state index in [0.717, 1.165) is 11.3 Å². The predicted octanol–water partition coefficient (Wildman–Crippen LogP) is 4.01. The van der Waals surface area contributed by atoms with Gasteiger partial charge in [0.1, 0.15) is 5.75 Å². The molecule has 0 N–H and O–H groups in total. The van der Waals surface area contributed by atoms with Crippen molar-refractivity contribution in [3.8, 4) is 5.75 Å². The number of hydrogen-bond donors (Lipinski definition) is 0. The van der Waals surface area contributed by atoms with Crippen LogP contribution in [0, 0.1) is 0 Å². The molecular weight excluding hydrogens is 425 g/mol. The van der Waals surface area contributed by atoms with Gasteiger partial charge in [-0.2, -0.15) is 5.10 Å². The van der Waals surface area contributed by atoms with Crippen LogP contribution in [0.15, 0.2) is 42.6 Å². The summed E-state index contributed by atoms with van der Waals surface area (Å²) in [5.41, 5.74) is 2.63. The fourth-order valence-electron chi connectivity index (χ4n) is 3.77. The molecular formula is C22H23F3N4O3. The third-order valence-electron chi connectivity index (χ3n) is 5.37. The number of carbonyl (C=O) groups excluding carboxylic acids is 1. The van der Waals surface area contributed by atoms with Gasteiger partial charge in [0.25, 0.3) is 5.91 Å². The van der Waals surface area contributed by atoms with Crippen LogP contribution in [-0.4, -0.2) is 51.0 Å². The molecule has 2 aromatic heterocycles. The number of alkyl halides is 3. The lowest BCUT2D eigenvalue weighted by Gasteiger charge is -2.32. The average Bonchev–Trinajstić information content (AvgIpc) is 3.16. The average molecular weight is 448 g/mol. The number of hydrogen-bond acceptors (Lipinski definition) is 5. The minimum absolute atomic E-state index is 0.0314. The summed E-state index contributed by atoms with van der Waals surface area (Å²) in [6.45, 7) is 3.33. The van der Waals surface area contributed by atoms with E-state index in [2.05, 4.69) is 14.8 Å². The number of likely N-dealkylation sites (tertiary alicyclic amines) is 1. The van der Waals surface area contributed by atoms with E-state index in [9.17, 15) is 18.0 Å². The zero-order valence-electron chi connectivity index (χ0n) is 17.5. The molecule has 3 heterocycles. The first kappa shape index (κ1) is 22.1. The van der Waals surface area contributed by atoms with E-state index in [1.807, 2.05) is 13.0 Å². The summed E-state index contributed by atoms with van der Waals surface area (Å²) in [6.07, 6.45) is -1.13. The zero-order chi connectivity index (χ0) is 22.7. The molecule has 7 nitrogen and oxygen atoms in total. The first-order valence-electron chi connectivity index (χ1n) is 10.4. The molecule has 1 fully saturated rings. The lowest BCUT2D eigenvalue weighted by molar-refractivity contribution is -0.274. The van der Waals surface area contributed by atoms with E-state index in [0.29, 0.717) is 43.7 Å². The minimum atomic E-state index is -4.71. The maximum absolute atomic E-state index is 13.2. The molecule has 4 rings (SSSR count). The highest BCUT2D eigenvalue weighted by Gasteiger charge is 2.31. The smallest absolute Gasteiger partial charge is 0.406 e. The normalized spacial score (nSPS) is 15.3. The van der Waals surface area contributed by atoms with Crippen molar-refractivity contribution < 1.29 is 27.4 Å². The summed E-state index contributed by atoms with van der Waals surface area (Å²) in [4.78, 5) is 19.5. The molecule has 0 saturated carbocycles. The van der Waals surface area contributed by atoms with Crippen molar-refractivity contribution in [3.63, 3.8) is 0 Å². The number of aryl methyl sites for hydroxylation is 1. The van der Waals surface area contributed by atoms with Gasteiger partial charge in [-0.15, -0.1) is 13.2 Å². The van der Waals surface area contributed by atoms with Crippen LogP contribution in [0.4, 0.5) is 13.2 Å². The van der Waals surface area contributed by atoms with E-state index in [1.54, 1.807) is 33.8 Å². The molecule has 1 amide bonds. The number of halogens is 3. The Morgan fingerprint density at radius 3 is 2.53 bits per heavy atom. The number of fused-ring (bicyclic) bond motifs is 1. The van der Waals surface area contributed by atoms with Crippen molar-refractivity contribution in [3.05, 3.63) is 59.5 Å². The first-order valence-corrected chi connectivity index (χ1v) is 10.4. The van der Waals surface area contributed by atoms with Crippen LogP contribution in [0.2, 0.25) is 0 Å². The number of imidazole rings is 1. The molecule has 0 spiro atoms. The monoisotopic (exact) mass is 448 g/mol. The molecule has 0 bridgehead atoms. The third-order valence-corrected chi connectivity index (χ3v) is 5.37. The van der Waals surface area contributed by atoms with Crippen molar-refractivity contribution in [1.29, 1.82) is 0 Å². The number of benzene rings is 1. The van der Waals surface area contributed by atoms with Crippen molar-refractivity contribution in [2.24, 2.45) is 0 Å². The topological polar surface area (TPSA) is 69.0 Å². The fourth-order valence-corrected chi connectivity index (χ4v) is 3.77. The Morgan fingerprint density at radius 1 is 1.16 bits per heavy atom. The van der Waals surface area contributed by atoms with E-state index in [1.165, 1.54) is 12.1 Å². The molecule has 1 saturated heterocycles. The van der Waals surface area contributed by atoms with Crippen molar-refractivity contribution in [1.82, 2.24) is 19.5 Å². The largest absolute Gasteiger partial charge is 0.573 e. The van der Waals surface area contributed by atoms with Crippen molar-refractivity contribution in [2.45, 2.75) is 45.3 Å². The van der Waals surface area contributed by atoms with Gasteiger partial charge in [0, 0.05) is 19.3 Å². The van der Waals surface area contributed by atoms with Crippen LogP contribution < -0.4 is 4.74 Å². The molecule has 10 heteroatoms. The minimum Gasteiger partial charge on any atom is -0.406 e. The van der Waals surface area contributed by atoms with Gasteiger partial charge in [0.15, 0.2) is 11.3 Å². The van der Waals surface area contributed by atoms with E-state index >= 15 is 0 Å². The van der Waals surface area contributed by atoms with Gasteiger partial charge in [-0.05, 0) is 49.1 Å². The summed E-state index contributed by atoms with van der Waals surface area (Å²) >= 11 is 0. The predicted molar refractivity (Wildman–Crippen MR) is 109 cm³/mol. The molecule has 0 atom stereocenters. The zero-order valence-corrected chi connectivity index (χ0v) is 17.5. The number of carbonyl (C=O) groups is 1. The molecule has 0 aliphatic carbocycles. The Bertz CT molecular complexity index is 1070. The fraction of sp³-hybridized carbons (Fsp3) is 0.409. The lowest BCUT2D eigenvalue weighted by atomic mass is 10.1. The van der Waals surface area contributed by atoms with Crippen LogP contribution in [0.5, 0.6) is 5.75 Å². The molecule has 1 aromatic carbocycles. The number of rotatable bonds is 6. The first-order chi connectivity index (χ1) is 15.3. The quantitative estimate of drug-likeness (QED) is 0.570. The molecule has 1 aliphatic rings. The van der Waals surface area contributed by atoms with E-state index in [4.69, 9.17) is 4.74 Å². The Kier molecular flexibility index (Phi) is 6.31. The van der Waals surface area contributed by atoms with Crippen LogP contribution in [0.25, 0.3) is 5.65 Å². The van der Waals surface area contributed by atoms with Gasteiger partial charge in [0.2, 0.25) is 0 Å². The number of aromatic nitrogens is 3. The molecule has 0 radical (unpaired) electrons. The number of amides is 1. The Balaban J connectivity index is 1.31. The summed E-state index contributed by atoms with van der Waals surface area (Å²) in [6, 6.07) is 9.24. The Hall–Kier alpha value is -3.14. The van der Waals surface area contributed by atoms with Gasteiger partial charge >= 0.3 is 6.36 Å². The number of piperidine rings is 1. The molecule has 32 heavy (non-hydrogen) atoms. The molecule has 1 aliphatic heterocycles. The summed E-state index contributed by atoms with van der Waals surface area (Å²) in [5, 5.41) is 4.28. The number of nitrogens with zero attached hydrogens (tertiary/aromatic N) is 4. The summed E-state index contributed by atoms with van der Waals surface area (Å²) < 4.78 is 48.1. The third kappa shape index (κ3) is 5.01. The van der Waals surface area contributed by atoms with E-state index in [-0.39, 0.29) is 24.4 Å². The summed E-state index contributed by atoms with van der Waals surface area (Å²) in [5.74, 6) is -0.354. The Labute approximate surface area is 182 Å². The van der Waals surface area contributed by atoms with E-state index < -0.39 is 6.36 Å². The highest BCUT2D eigenvalue weighted by atomic mass is 19.4. The number of ether oxygens (including phenoxy) is 2. The van der Waals surface area contributed by atoms with Crippen molar-refractivity contribution >= 4 is 11.6 Å². The molecule has 3 aromatic rings. The van der Waals surface area contributed by atoms with Crippen LogP contribution in [0.1, 0.15) is 41.5 Å². The second kappa shape index (κ2) is 9.15. The van der Waals surface area contributed by atoms with Crippen LogP contribution in [-0.2, 0) is 17.8 Å². The maximum Gasteiger partial charge on any atom is 0.573 e. The van der Waals surface area contributed by atoms with Crippen LogP contribution >= 0.6 is 0 Å². The highest BCUT2D eigenvalue weighted by molar-refractivity contribution is 5.94. The standard InChI is InChI=1S/C22H23F3N4O3/c1-2-18-20(29-19(27-18)4-3-11-26-29)21(30)28-12-9-16(10-13-28)31-14-15-5-7-17(8-6-15)32-22(23,24)25/h3-8,11,16H,2,9-10,12-14H2,1H3. The second-order valence-electron chi connectivity index (χ2n) is 7.55. The van der Waals surface area contributed by atoms with Gasteiger partial charge in [0.05, 0.1) is 18.4 Å². The van der Waals surface area contributed by atoms with Gasteiger partial charge in [-0.25, -0.2) is 9.50 Å². The maximum atomic E-state index is 13.2. The summed E-state index contributed by atoms with van der Waals surface area (Å²) in [7, 11) is 0. The lowest BCUT2D eigenvalue weighted by Crippen LogP contribution is -2.41. The molecule has 0 unspecified atom stereocenters. The van der Waals surface area contributed by atoms with Gasteiger partial charge < -0.3 is 14.4 Å². The van der Waals surface area contributed by atoms with Gasteiger partial charge in [-0.3, -0.25) is 4.79 Å².